The summed E-state index contributed by atoms with van der Waals surface area (Å²) in [5.74, 6) is -2.04. The number of rotatable bonds is 9. The Balaban J connectivity index is 2.17. The van der Waals surface area contributed by atoms with E-state index in [9.17, 15) is 22.8 Å². The molecule has 31 heavy (non-hydrogen) atoms. The van der Waals surface area contributed by atoms with Gasteiger partial charge in [0, 0.05) is 12.2 Å². The van der Waals surface area contributed by atoms with Crippen molar-refractivity contribution in [3.05, 3.63) is 65.2 Å². The van der Waals surface area contributed by atoms with Crippen LogP contribution in [0.5, 0.6) is 0 Å². The highest BCUT2D eigenvalue weighted by Crippen LogP contribution is 2.17. The number of hydrogen-bond donors (Lipinski definition) is 1. The van der Waals surface area contributed by atoms with Crippen LogP contribution in [0, 0.1) is 0 Å². The van der Waals surface area contributed by atoms with E-state index in [-0.39, 0.29) is 23.4 Å². The van der Waals surface area contributed by atoms with Crippen LogP contribution in [-0.2, 0) is 30.7 Å². The predicted molar refractivity (Wildman–Crippen MR) is 114 cm³/mol. The van der Waals surface area contributed by atoms with Crippen molar-refractivity contribution < 1.29 is 32.3 Å². The number of ether oxygens (including phenoxy) is 2. The van der Waals surface area contributed by atoms with Gasteiger partial charge in [-0.1, -0.05) is 30.3 Å². The minimum absolute atomic E-state index is 0.0322. The fourth-order valence-corrected chi connectivity index (χ4v) is 3.57. The third kappa shape index (κ3) is 7.19. The summed E-state index contributed by atoms with van der Waals surface area (Å²) in [4.78, 5) is 36.3. The number of anilines is 1. The highest BCUT2D eigenvalue weighted by molar-refractivity contribution is 7.88. The lowest BCUT2D eigenvalue weighted by molar-refractivity contribution is -0.116. The monoisotopic (exact) mass is 448 g/mol. The van der Waals surface area contributed by atoms with Crippen LogP contribution in [0.1, 0.15) is 26.3 Å². The SMILES string of the molecule is COC(=O)c1cc(NC(=O)CN(CCc2ccccc2)S(C)(=O)=O)cc(C(=O)OC)c1. The Bertz CT molecular complexity index is 1020. The predicted octanol–water partition coefficient (Wildman–Crippen LogP) is 1.70. The molecule has 1 N–H and O–H groups in total. The first-order chi connectivity index (χ1) is 14.6. The number of carbonyl (C=O) groups excluding carboxylic acids is 3. The van der Waals surface area contributed by atoms with Gasteiger partial charge in [-0.25, -0.2) is 18.0 Å². The summed E-state index contributed by atoms with van der Waals surface area (Å²) in [6.07, 6.45) is 1.46. The number of nitrogens with zero attached hydrogens (tertiary/aromatic N) is 1. The summed E-state index contributed by atoms with van der Waals surface area (Å²) >= 11 is 0. The first-order valence-electron chi connectivity index (χ1n) is 9.24. The first kappa shape index (κ1) is 24.0. The van der Waals surface area contributed by atoms with Gasteiger partial charge < -0.3 is 14.8 Å². The number of esters is 2. The minimum atomic E-state index is -3.65. The van der Waals surface area contributed by atoms with Gasteiger partial charge in [0.2, 0.25) is 15.9 Å². The molecule has 0 fully saturated rings. The maximum Gasteiger partial charge on any atom is 0.337 e. The summed E-state index contributed by atoms with van der Waals surface area (Å²) in [7, 11) is -1.28. The maximum atomic E-state index is 12.5. The average Bonchev–Trinajstić information content (AvgIpc) is 2.75. The highest BCUT2D eigenvalue weighted by Gasteiger charge is 2.21. The van der Waals surface area contributed by atoms with Crippen molar-refractivity contribution in [2.45, 2.75) is 6.42 Å². The van der Waals surface area contributed by atoms with Crippen LogP contribution < -0.4 is 5.32 Å². The summed E-state index contributed by atoms with van der Waals surface area (Å²) in [5.41, 5.74) is 1.13. The average molecular weight is 448 g/mol. The molecule has 2 aromatic carbocycles. The number of benzene rings is 2. The molecule has 0 bridgehead atoms. The van der Waals surface area contributed by atoms with Crippen LogP contribution in [0.15, 0.2) is 48.5 Å². The number of carbonyl (C=O) groups is 3. The van der Waals surface area contributed by atoms with Crippen LogP contribution >= 0.6 is 0 Å². The van der Waals surface area contributed by atoms with Crippen LogP contribution in [-0.4, -0.2) is 64.1 Å². The summed E-state index contributed by atoms with van der Waals surface area (Å²) in [6.45, 7) is -0.312. The molecule has 1 amide bonds. The van der Waals surface area contributed by atoms with E-state index in [2.05, 4.69) is 14.8 Å². The second-order valence-electron chi connectivity index (χ2n) is 6.66. The summed E-state index contributed by atoms with van der Waals surface area (Å²) in [6, 6.07) is 13.2. The molecule has 10 heteroatoms. The Morgan fingerprint density at radius 2 is 1.48 bits per heavy atom. The quantitative estimate of drug-likeness (QED) is 0.580. The van der Waals surface area contributed by atoms with Gasteiger partial charge in [-0.2, -0.15) is 4.31 Å². The molecule has 0 heterocycles. The zero-order chi connectivity index (χ0) is 23.0. The molecule has 0 aromatic heterocycles. The second-order valence-corrected chi connectivity index (χ2v) is 8.64. The molecule has 0 atom stereocenters. The van der Waals surface area contributed by atoms with Crippen molar-refractivity contribution in [2.75, 3.05) is 38.9 Å². The van der Waals surface area contributed by atoms with Crippen molar-refractivity contribution in [3.8, 4) is 0 Å². The minimum Gasteiger partial charge on any atom is -0.465 e. The molecular weight excluding hydrogens is 424 g/mol. The largest absolute Gasteiger partial charge is 0.465 e. The zero-order valence-electron chi connectivity index (χ0n) is 17.5. The Morgan fingerprint density at radius 1 is 0.935 bits per heavy atom. The molecule has 2 aromatic rings. The van der Waals surface area contributed by atoms with E-state index >= 15 is 0 Å². The molecule has 0 unspecified atom stereocenters. The molecule has 0 spiro atoms. The smallest absolute Gasteiger partial charge is 0.337 e. The maximum absolute atomic E-state index is 12.5. The number of nitrogens with one attached hydrogen (secondary N) is 1. The van der Waals surface area contributed by atoms with Crippen molar-refractivity contribution in [1.29, 1.82) is 0 Å². The van der Waals surface area contributed by atoms with E-state index < -0.39 is 34.4 Å². The Kier molecular flexibility index (Phi) is 8.29. The molecule has 9 nitrogen and oxygen atoms in total. The Labute approximate surface area is 181 Å². The first-order valence-corrected chi connectivity index (χ1v) is 11.1. The van der Waals surface area contributed by atoms with Crippen molar-refractivity contribution in [3.63, 3.8) is 0 Å². The van der Waals surface area contributed by atoms with Gasteiger partial charge in [-0.3, -0.25) is 4.79 Å². The number of methoxy groups -OCH3 is 2. The van der Waals surface area contributed by atoms with Crippen LogP contribution in [0.25, 0.3) is 0 Å². The number of hydrogen-bond acceptors (Lipinski definition) is 7. The topological polar surface area (TPSA) is 119 Å². The van der Waals surface area contributed by atoms with E-state index in [0.717, 1.165) is 16.1 Å². The molecule has 166 valence electrons. The van der Waals surface area contributed by atoms with E-state index in [4.69, 9.17) is 0 Å². The third-order valence-corrected chi connectivity index (χ3v) is 5.59. The molecular formula is C21H24N2O7S. The van der Waals surface area contributed by atoms with Gasteiger partial charge in [0.25, 0.3) is 0 Å². The van der Waals surface area contributed by atoms with Gasteiger partial charge in [0.1, 0.15) is 0 Å². The second kappa shape index (κ2) is 10.7. The molecule has 0 aliphatic rings. The van der Waals surface area contributed by atoms with E-state index in [1.54, 1.807) is 0 Å². The van der Waals surface area contributed by atoms with Gasteiger partial charge in [-0.15, -0.1) is 0 Å². The normalized spacial score (nSPS) is 11.1. The molecule has 0 aliphatic heterocycles. The zero-order valence-corrected chi connectivity index (χ0v) is 18.3. The van der Waals surface area contributed by atoms with E-state index in [1.165, 1.54) is 32.4 Å². The number of sulfonamides is 1. The van der Waals surface area contributed by atoms with Gasteiger partial charge >= 0.3 is 11.9 Å². The van der Waals surface area contributed by atoms with E-state index in [1.807, 2.05) is 30.3 Å². The van der Waals surface area contributed by atoms with Crippen LogP contribution in [0.3, 0.4) is 0 Å². The molecule has 0 saturated heterocycles. The van der Waals surface area contributed by atoms with Crippen LogP contribution in [0.2, 0.25) is 0 Å². The molecule has 0 saturated carbocycles. The molecule has 0 aliphatic carbocycles. The summed E-state index contributed by atoms with van der Waals surface area (Å²) in [5, 5.41) is 2.52. The van der Waals surface area contributed by atoms with Gasteiger partial charge in [0.05, 0.1) is 38.1 Å². The fraction of sp³-hybridized carbons (Fsp3) is 0.286. The van der Waals surface area contributed by atoms with Crippen molar-refractivity contribution >= 4 is 33.6 Å². The lowest BCUT2D eigenvalue weighted by Crippen LogP contribution is -2.38. The van der Waals surface area contributed by atoms with Gasteiger partial charge in [-0.05, 0) is 30.2 Å². The molecule has 2 rings (SSSR count). The van der Waals surface area contributed by atoms with Crippen molar-refractivity contribution in [1.82, 2.24) is 4.31 Å². The van der Waals surface area contributed by atoms with Gasteiger partial charge in [0.15, 0.2) is 0 Å². The lowest BCUT2D eigenvalue weighted by Gasteiger charge is -2.19. The lowest BCUT2D eigenvalue weighted by atomic mass is 10.1. The third-order valence-electron chi connectivity index (χ3n) is 4.34. The fourth-order valence-electron chi connectivity index (χ4n) is 2.79. The summed E-state index contributed by atoms with van der Waals surface area (Å²) < 4.78 is 34.6. The Morgan fingerprint density at radius 3 is 1.97 bits per heavy atom. The standard InChI is InChI=1S/C21H24N2O7S/c1-29-20(25)16-11-17(21(26)30-2)13-18(12-16)22-19(24)14-23(31(3,27)28)10-9-15-7-5-4-6-8-15/h4-8,11-13H,9-10,14H2,1-3H3,(H,22,24). The number of amides is 1. The van der Waals surface area contributed by atoms with E-state index in [0.29, 0.717) is 6.42 Å². The molecule has 0 radical (unpaired) electrons. The van der Waals surface area contributed by atoms with Crippen molar-refractivity contribution in [2.24, 2.45) is 0 Å². The Hall–Kier alpha value is -3.24. The van der Waals surface area contributed by atoms with Crippen LogP contribution in [0.4, 0.5) is 5.69 Å². The highest BCUT2D eigenvalue weighted by atomic mass is 32.2.